The van der Waals surface area contributed by atoms with Gasteiger partial charge in [-0.15, -0.1) is 5.10 Å². The number of anilines is 2. The number of ether oxygens (including phenoxy) is 1. The van der Waals surface area contributed by atoms with Gasteiger partial charge in [0, 0.05) is 23.6 Å². The molecule has 2 aromatic rings. The third kappa shape index (κ3) is 3.68. The molecular weight excluding hydrogens is 380 g/mol. The normalized spacial score (nSPS) is 15.7. The SMILES string of the molecule is CCOC(=O)c1nnsc1NC(=O)c1ccc(N2CCCS2(=O)=O)cc1. The fourth-order valence-corrected chi connectivity index (χ4v) is 4.61. The zero-order valence-electron chi connectivity index (χ0n) is 13.8. The summed E-state index contributed by atoms with van der Waals surface area (Å²) in [5, 5.41) is 6.44. The first-order valence-electron chi connectivity index (χ1n) is 7.83. The summed E-state index contributed by atoms with van der Waals surface area (Å²) in [5.41, 5.74) is 0.782. The van der Waals surface area contributed by atoms with Gasteiger partial charge in [-0.2, -0.15) is 0 Å². The highest BCUT2D eigenvalue weighted by molar-refractivity contribution is 7.93. The molecule has 1 amide bonds. The zero-order chi connectivity index (χ0) is 18.7. The Bertz CT molecular complexity index is 924. The van der Waals surface area contributed by atoms with Crippen molar-refractivity contribution in [3.63, 3.8) is 0 Å². The van der Waals surface area contributed by atoms with Crippen molar-refractivity contribution < 1.29 is 22.7 Å². The molecule has 1 fully saturated rings. The van der Waals surface area contributed by atoms with E-state index in [1.165, 1.54) is 16.4 Å². The summed E-state index contributed by atoms with van der Waals surface area (Å²) in [6.45, 7) is 2.28. The lowest BCUT2D eigenvalue weighted by Gasteiger charge is -2.16. The van der Waals surface area contributed by atoms with Crippen LogP contribution in [-0.4, -0.2) is 48.8 Å². The van der Waals surface area contributed by atoms with Crippen LogP contribution in [0.4, 0.5) is 10.7 Å². The van der Waals surface area contributed by atoms with Crippen molar-refractivity contribution in [3.8, 4) is 0 Å². The molecule has 1 aromatic heterocycles. The number of rotatable bonds is 5. The molecule has 9 nitrogen and oxygen atoms in total. The lowest BCUT2D eigenvalue weighted by molar-refractivity contribution is 0.0520. The minimum atomic E-state index is -3.27. The van der Waals surface area contributed by atoms with Crippen molar-refractivity contribution in [2.24, 2.45) is 0 Å². The number of hydrogen-bond acceptors (Lipinski definition) is 8. The molecule has 0 spiro atoms. The van der Waals surface area contributed by atoms with E-state index >= 15 is 0 Å². The smallest absolute Gasteiger partial charge is 0.362 e. The Kier molecular flexibility index (Phi) is 5.18. The molecule has 1 aliphatic rings. The number of sulfonamides is 1. The van der Waals surface area contributed by atoms with Crippen LogP contribution < -0.4 is 9.62 Å². The highest BCUT2D eigenvalue weighted by Crippen LogP contribution is 2.25. The first kappa shape index (κ1) is 18.3. The molecular formula is C15H16N4O5S2. The molecule has 1 aliphatic heterocycles. The van der Waals surface area contributed by atoms with Gasteiger partial charge in [0.25, 0.3) is 5.91 Å². The van der Waals surface area contributed by atoms with Crippen LogP contribution in [0, 0.1) is 0 Å². The summed E-state index contributed by atoms with van der Waals surface area (Å²) < 4.78 is 33.7. The van der Waals surface area contributed by atoms with Gasteiger partial charge in [0.2, 0.25) is 15.7 Å². The van der Waals surface area contributed by atoms with Crippen molar-refractivity contribution in [1.29, 1.82) is 0 Å². The van der Waals surface area contributed by atoms with E-state index in [0.29, 0.717) is 24.2 Å². The number of hydrogen-bond donors (Lipinski definition) is 1. The van der Waals surface area contributed by atoms with Crippen LogP contribution in [0.25, 0.3) is 0 Å². The monoisotopic (exact) mass is 396 g/mol. The summed E-state index contributed by atoms with van der Waals surface area (Å²) in [7, 11) is -3.27. The van der Waals surface area contributed by atoms with Crippen LogP contribution in [0.15, 0.2) is 24.3 Å². The van der Waals surface area contributed by atoms with Crippen LogP contribution in [0.1, 0.15) is 34.2 Å². The lowest BCUT2D eigenvalue weighted by atomic mass is 10.2. The molecule has 138 valence electrons. The average molecular weight is 396 g/mol. The molecule has 0 atom stereocenters. The predicted octanol–water partition coefficient (Wildman–Crippen LogP) is 1.51. The summed E-state index contributed by atoms with van der Waals surface area (Å²) in [6.07, 6.45) is 0.583. The second-order valence-electron chi connectivity index (χ2n) is 5.41. The number of esters is 1. The van der Waals surface area contributed by atoms with E-state index in [0.717, 1.165) is 11.5 Å². The number of nitrogens with zero attached hydrogens (tertiary/aromatic N) is 3. The molecule has 11 heteroatoms. The second kappa shape index (κ2) is 7.38. The van der Waals surface area contributed by atoms with Gasteiger partial charge < -0.3 is 10.1 Å². The second-order valence-corrected chi connectivity index (χ2v) is 8.18. The standard InChI is InChI=1S/C15H16N4O5S2/c1-2-24-15(21)12-14(25-18-17-12)16-13(20)10-4-6-11(7-5-10)19-8-3-9-26(19,22)23/h4-7H,2-3,8-9H2,1H3,(H,16,20). The fourth-order valence-electron chi connectivity index (χ4n) is 2.49. The van der Waals surface area contributed by atoms with E-state index in [1.54, 1.807) is 19.1 Å². The Morgan fingerprint density at radius 1 is 1.31 bits per heavy atom. The van der Waals surface area contributed by atoms with Gasteiger partial charge in [0.15, 0.2) is 5.00 Å². The Hall–Kier alpha value is -2.53. The van der Waals surface area contributed by atoms with Gasteiger partial charge in [0.1, 0.15) is 0 Å². The molecule has 0 radical (unpaired) electrons. The van der Waals surface area contributed by atoms with Crippen LogP contribution >= 0.6 is 11.5 Å². The highest BCUT2D eigenvalue weighted by atomic mass is 32.2. The third-order valence-electron chi connectivity index (χ3n) is 3.70. The van der Waals surface area contributed by atoms with E-state index in [2.05, 4.69) is 14.9 Å². The third-order valence-corrected chi connectivity index (χ3v) is 6.21. The van der Waals surface area contributed by atoms with Crippen LogP contribution in [0.5, 0.6) is 0 Å². The van der Waals surface area contributed by atoms with Gasteiger partial charge in [-0.25, -0.2) is 13.2 Å². The summed E-state index contributed by atoms with van der Waals surface area (Å²) in [6, 6.07) is 6.21. The van der Waals surface area contributed by atoms with E-state index in [9.17, 15) is 18.0 Å². The molecule has 0 saturated carbocycles. The number of carbonyl (C=O) groups excluding carboxylic acids is 2. The largest absolute Gasteiger partial charge is 0.461 e. The average Bonchev–Trinajstić information content (AvgIpc) is 3.21. The highest BCUT2D eigenvalue weighted by Gasteiger charge is 2.28. The molecule has 1 aromatic carbocycles. The summed E-state index contributed by atoms with van der Waals surface area (Å²) >= 11 is 0.869. The van der Waals surface area contributed by atoms with Crippen LogP contribution in [0.2, 0.25) is 0 Å². The number of aromatic nitrogens is 2. The molecule has 0 bridgehead atoms. The number of amides is 1. The van der Waals surface area contributed by atoms with Gasteiger partial charge in [-0.05, 0) is 37.6 Å². The number of benzene rings is 1. The van der Waals surface area contributed by atoms with Crippen molar-refractivity contribution >= 4 is 44.1 Å². The fraction of sp³-hybridized carbons (Fsp3) is 0.333. The maximum Gasteiger partial charge on any atom is 0.362 e. The maximum absolute atomic E-state index is 12.4. The van der Waals surface area contributed by atoms with Crippen molar-refractivity contribution in [2.75, 3.05) is 28.5 Å². The Morgan fingerprint density at radius 2 is 2.04 bits per heavy atom. The van der Waals surface area contributed by atoms with E-state index in [-0.39, 0.29) is 23.1 Å². The Balaban J connectivity index is 1.74. The minimum Gasteiger partial charge on any atom is -0.461 e. The van der Waals surface area contributed by atoms with Crippen LogP contribution in [0.3, 0.4) is 0 Å². The quantitative estimate of drug-likeness (QED) is 0.761. The van der Waals surface area contributed by atoms with E-state index < -0.39 is 21.9 Å². The van der Waals surface area contributed by atoms with E-state index in [4.69, 9.17) is 4.74 Å². The first-order chi connectivity index (χ1) is 12.4. The molecule has 0 aliphatic carbocycles. The molecule has 0 unspecified atom stereocenters. The van der Waals surface area contributed by atoms with Crippen LogP contribution in [-0.2, 0) is 14.8 Å². The number of nitrogens with one attached hydrogen (secondary N) is 1. The van der Waals surface area contributed by atoms with Crippen molar-refractivity contribution in [3.05, 3.63) is 35.5 Å². The molecule has 26 heavy (non-hydrogen) atoms. The van der Waals surface area contributed by atoms with Gasteiger partial charge in [0.05, 0.1) is 18.0 Å². The molecule has 3 rings (SSSR count). The summed E-state index contributed by atoms with van der Waals surface area (Å²) in [5.74, 6) is -0.992. The predicted molar refractivity (Wildman–Crippen MR) is 96.0 cm³/mol. The molecule has 1 saturated heterocycles. The zero-order valence-corrected chi connectivity index (χ0v) is 15.5. The van der Waals surface area contributed by atoms with Gasteiger partial charge in [-0.3, -0.25) is 9.10 Å². The van der Waals surface area contributed by atoms with Crippen molar-refractivity contribution in [1.82, 2.24) is 9.59 Å². The Labute approximate surface area is 154 Å². The maximum atomic E-state index is 12.4. The topological polar surface area (TPSA) is 119 Å². The van der Waals surface area contributed by atoms with Gasteiger partial charge >= 0.3 is 5.97 Å². The Morgan fingerprint density at radius 3 is 2.65 bits per heavy atom. The lowest BCUT2D eigenvalue weighted by Crippen LogP contribution is -2.25. The van der Waals surface area contributed by atoms with Gasteiger partial charge in [-0.1, -0.05) is 4.49 Å². The molecule has 1 N–H and O–H groups in total. The number of carbonyl (C=O) groups is 2. The molecule has 2 heterocycles. The van der Waals surface area contributed by atoms with Crippen molar-refractivity contribution in [2.45, 2.75) is 13.3 Å². The first-order valence-corrected chi connectivity index (χ1v) is 10.2. The summed E-state index contributed by atoms with van der Waals surface area (Å²) in [4.78, 5) is 24.1. The van der Waals surface area contributed by atoms with E-state index in [1.807, 2.05) is 0 Å². The minimum absolute atomic E-state index is 0.0509.